The van der Waals surface area contributed by atoms with E-state index in [9.17, 15) is 0 Å². The van der Waals surface area contributed by atoms with Crippen LogP contribution in [0.25, 0.3) is 22.4 Å². The van der Waals surface area contributed by atoms with Crippen LogP contribution in [0.2, 0.25) is 0 Å². The Bertz CT molecular complexity index is 1260. The largest absolute Gasteiger partial charge is 0.492 e. The summed E-state index contributed by atoms with van der Waals surface area (Å²) in [6, 6.07) is 11.8. The molecular weight excluding hydrogens is 448 g/mol. The van der Waals surface area contributed by atoms with Gasteiger partial charge in [0.2, 0.25) is 0 Å². The monoisotopic (exact) mass is 476 g/mol. The number of pyridine rings is 1. The third-order valence-corrected chi connectivity index (χ3v) is 5.24. The van der Waals surface area contributed by atoms with Crippen molar-refractivity contribution in [1.29, 1.82) is 0 Å². The molecule has 0 amide bonds. The highest BCUT2D eigenvalue weighted by Crippen LogP contribution is 2.20. The average Bonchev–Trinajstić information content (AvgIpc) is 3.28. The van der Waals surface area contributed by atoms with Gasteiger partial charge in [-0.1, -0.05) is 12.1 Å². The van der Waals surface area contributed by atoms with Crippen LogP contribution in [0.5, 0.6) is 5.75 Å². The van der Waals surface area contributed by atoms with Crippen molar-refractivity contribution in [3.63, 3.8) is 0 Å². The fourth-order valence-electron chi connectivity index (χ4n) is 3.23. The second kappa shape index (κ2) is 11.0. The van der Waals surface area contributed by atoms with Crippen molar-refractivity contribution in [1.82, 2.24) is 34.9 Å². The summed E-state index contributed by atoms with van der Waals surface area (Å²) in [6.07, 6.45) is 5.48. The summed E-state index contributed by atoms with van der Waals surface area (Å²) in [5, 5.41) is 11.1. The number of likely N-dealkylation sites (N-methyl/N-ethyl adjacent to an activating group) is 1. The molecule has 0 unspecified atom stereocenters. The van der Waals surface area contributed by atoms with E-state index < -0.39 is 0 Å². The fraction of sp³-hybridized carbons (Fsp3) is 0.292. The summed E-state index contributed by atoms with van der Waals surface area (Å²) in [4.78, 5) is 15.8. The minimum Gasteiger partial charge on any atom is -0.492 e. The van der Waals surface area contributed by atoms with Gasteiger partial charge in [-0.15, -0.1) is 0 Å². The molecule has 2 N–H and O–H groups in total. The van der Waals surface area contributed by atoms with Gasteiger partial charge in [0.05, 0.1) is 24.6 Å². The Balaban J connectivity index is 1.43. The molecule has 0 saturated carbocycles. The predicted octanol–water partition coefficient (Wildman–Crippen LogP) is 3.18. The minimum atomic E-state index is 0.521. The van der Waals surface area contributed by atoms with E-state index in [0.717, 1.165) is 30.0 Å². The molecule has 0 aliphatic heterocycles. The Labute approximate surface area is 204 Å². The molecule has 176 valence electrons. The van der Waals surface area contributed by atoms with Crippen molar-refractivity contribution in [2.45, 2.75) is 13.5 Å². The molecule has 0 aliphatic carbocycles. The standard InChI is InChI=1S/C24H28N8OS/c1-4-25-24(34)30-22-10-9-20-23(29-22)28-21(14-26-20)18-13-27-32(16-18)15-17-5-7-19(8-6-17)33-12-11-31(2)3/h5-10,13-14,16H,4,11-12,15H2,1-3H3,(H2,25,28,29,30,34). The molecule has 0 atom stereocenters. The lowest BCUT2D eigenvalue weighted by molar-refractivity contribution is 0.261. The van der Waals surface area contributed by atoms with Gasteiger partial charge < -0.3 is 20.3 Å². The Kier molecular flexibility index (Phi) is 7.61. The number of thiocarbonyl (C=S) groups is 1. The number of hydrogen-bond donors (Lipinski definition) is 2. The second-order valence-corrected chi connectivity index (χ2v) is 8.41. The molecule has 0 fully saturated rings. The number of ether oxygens (including phenoxy) is 1. The van der Waals surface area contributed by atoms with Crippen LogP contribution in [0, 0.1) is 0 Å². The summed E-state index contributed by atoms with van der Waals surface area (Å²) < 4.78 is 7.64. The Morgan fingerprint density at radius 1 is 1.09 bits per heavy atom. The molecule has 0 radical (unpaired) electrons. The van der Waals surface area contributed by atoms with Gasteiger partial charge in [-0.3, -0.25) is 9.67 Å². The zero-order chi connectivity index (χ0) is 23.9. The van der Waals surface area contributed by atoms with E-state index in [0.29, 0.717) is 40.9 Å². The van der Waals surface area contributed by atoms with Crippen LogP contribution in [0.4, 0.5) is 5.82 Å². The van der Waals surface area contributed by atoms with Gasteiger partial charge in [0.15, 0.2) is 10.8 Å². The third-order valence-electron chi connectivity index (χ3n) is 4.99. The van der Waals surface area contributed by atoms with Crippen molar-refractivity contribution in [3.8, 4) is 17.0 Å². The normalized spacial score (nSPS) is 11.1. The first-order valence-electron chi connectivity index (χ1n) is 11.1. The highest BCUT2D eigenvalue weighted by Gasteiger charge is 2.09. The highest BCUT2D eigenvalue weighted by atomic mass is 32.1. The number of anilines is 1. The molecule has 3 heterocycles. The molecule has 3 aromatic heterocycles. The quantitative estimate of drug-likeness (QED) is 0.353. The fourth-order valence-corrected chi connectivity index (χ4v) is 3.48. The summed E-state index contributed by atoms with van der Waals surface area (Å²) >= 11 is 5.23. The van der Waals surface area contributed by atoms with Crippen molar-refractivity contribution < 1.29 is 4.74 Å². The zero-order valence-corrected chi connectivity index (χ0v) is 20.3. The lowest BCUT2D eigenvalue weighted by Gasteiger charge is -2.11. The van der Waals surface area contributed by atoms with Crippen LogP contribution in [-0.2, 0) is 6.54 Å². The first kappa shape index (κ1) is 23.5. The minimum absolute atomic E-state index is 0.521. The Hall–Kier alpha value is -3.63. The summed E-state index contributed by atoms with van der Waals surface area (Å²) in [7, 11) is 4.06. The molecule has 4 rings (SSSR count). The molecule has 0 spiro atoms. The van der Waals surface area contributed by atoms with E-state index in [4.69, 9.17) is 17.0 Å². The van der Waals surface area contributed by atoms with Gasteiger partial charge in [0.25, 0.3) is 0 Å². The summed E-state index contributed by atoms with van der Waals surface area (Å²) in [6.45, 7) is 4.91. The van der Waals surface area contributed by atoms with Gasteiger partial charge in [0.1, 0.15) is 23.7 Å². The van der Waals surface area contributed by atoms with Gasteiger partial charge in [-0.2, -0.15) is 5.10 Å². The lowest BCUT2D eigenvalue weighted by atomic mass is 10.2. The van der Waals surface area contributed by atoms with E-state index in [2.05, 4.69) is 47.7 Å². The maximum absolute atomic E-state index is 5.76. The maximum Gasteiger partial charge on any atom is 0.180 e. The zero-order valence-electron chi connectivity index (χ0n) is 19.5. The molecule has 0 aliphatic rings. The van der Waals surface area contributed by atoms with Crippen molar-refractivity contribution in [2.75, 3.05) is 39.1 Å². The number of nitrogens with zero attached hydrogens (tertiary/aromatic N) is 6. The highest BCUT2D eigenvalue weighted by molar-refractivity contribution is 7.80. The molecule has 4 aromatic rings. The number of benzene rings is 1. The van der Waals surface area contributed by atoms with E-state index >= 15 is 0 Å². The molecule has 10 heteroatoms. The van der Waals surface area contributed by atoms with Gasteiger partial charge in [-0.25, -0.2) is 9.97 Å². The number of hydrogen-bond acceptors (Lipinski definition) is 7. The lowest BCUT2D eigenvalue weighted by Crippen LogP contribution is -2.28. The topological polar surface area (TPSA) is 93.0 Å². The van der Waals surface area contributed by atoms with Gasteiger partial charge in [-0.05, 0) is 63.1 Å². The number of aromatic nitrogens is 5. The van der Waals surface area contributed by atoms with Crippen LogP contribution < -0.4 is 15.4 Å². The summed E-state index contributed by atoms with van der Waals surface area (Å²) in [5.74, 6) is 1.49. The van der Waals surface area contributed by atoms with E-state index in [1.54, 1.807) is 12.4 Å². The molecule has 0 saturated heterocycles. The van der Waals surface area contributed by atoms with Gasteiger partial charge >= 0.3 is 0 Å². The van der Waals surface area contributed by atoms with Crippen LogP contribution in [0.15, 0.2) is 55.0 Å². The van der Waals surface area contributed by atoms with Crippen LogP contribution in [0.1, 0.15) is 12.5 Å². The molecular formula is C24H28N8OS. The SMILES string of the molecule is CCNC(=S)Nc1ccc2ncc(-c3cnn(Cc4ccc(OCCN(C)C)cc4)c3)nc2n1. The average molecular weight is 477 g/mol. The molecule has 1 aromatic carbocycles. The maximum atomic E-state index is 5.76. The smallest absolute Gasteiger partial charge is 0.180 e. The first-order valence-corrected chi connectivity index (χ1v) is 11.5. The van der Waals surface area contributed by atoms with E-state index in [1.807, 2.05) is 56.2 Å². The molecule has 34 heavy (non-hydrogen) atoms. The Morgan fingerprint density at radius 2 is 1.91 bits per heavy atom. The van der Waals surface area contributed by atoms with Crippen molar-refractivity contribution in [2.24, 2.45) is 0 Å². The number of fused-ring (bicyclic) bond motifs is 1. The summed E-state index contributed by atoms with van der Waals surface area (Å²) in [5.41, 5.74) is 3.97. The predicted molar refractivity (Wildman–Crippen MR) is 138 cm³/mol. The third kappa shape index (κ3) is 6.24. The van der Waals surface area contributed by atoms with Crippen LogP contribution >= 0.6 is 12.2 Å². The number of nitrogens with one attached hydrogen (secondary N) is 2. The van der Waals surface area contributed by atoms with Crippen molar-refractivity contribution in [3.05, 3.63) is 60.6 Å². The first-order chi connectivity index (χ1) is 16.5. The molecule has 0 bridgehead atoms. The van der Waals surface area contributed by atoms with E-state index in [1.165, 1.54) is 0 Å². The van der Waals surface area contributed by atoms with E-state index in [-0.39, 0.29) is 0 Å². The Morgan fingerprint density at radius 3 is 2.68 bits per heavy atom. The van der Waals surface area contributed by atoms with Crippen LogP contribution in [0.3, 0.4) is 0 Å². The van der Waals surface area contributed by atoms with Gasteiger partial charge in [0, 0.05) is 24.8 Å². The number of rotatable bonds is 9. The second-order valence-electron chi connectivity index (χ2n) is 8.00. The molecule has 9 nitrogen and oxygen atoms in total. The van der Waals surface area contributed by atoms with Crippen molar-refractivity contribution >= 4 is 34.3 Å². The van der Waals surface area contributed by atoms with Crippen LogP contribution in [-0.4, -0.2) is 68.5 Å².